The van der Waals surface area contributed by atoms with E-state index in [1.165, 1.54) is 29.1 Å². The molecule has 1 saturated carbocycles. The number of nitrogens with two attached hydrogens (primary N) is 1. The zero-order chi connectivity index (χ0) is 10.7. The molecule has 3 nitrogen and oxygen atoms in total. The fraction of sp³-hybridized carbons (Fsp3) is 0.727. The third kappa shape index (κ3) is 3.26. The second-order valence-electron chi connectivity index (χ2n) is 4.37. The molecule has 0 aliphatic heterocycles. The largest absolute Gasteiger partial charge is 0.328 e. The van der Waals surface area contributed by atoms with Crippen LogP contribution in [0.5, 0.6) is 0 Å². The second-order valence-corrected chi connectivity index (χ2v) is 5.69. The Bertz CT molecular complexity index is 311. The molecule has 1 aliphatic rings. The topological polar surface area (TPSA) is 50.9 Å². The molecule has 2 atom stereocenters. The molecule has 1 heterocycles. The van der Waals surface area contributed by atoms with Gasteiger partial charge in [0.1, 0.15) is 5.01 Å². The molecule has 1 aromatic rings. The Morgan fingerprint density at radius 3 is 3.13 bits per heavy atom. The highest BCUT2D eigenvalue weighted by Gasteiger charge is 2.18. The van der Waals surface area contributed by atoms with Crippen LogP contribution in [0.4, 0.5) is 0 Å². The van der Waals surface area contributed by atoms with E-state index >= 15 is 0 Å². The van der Waals surface area contributed by atoms with Gasteiger partial charge in [-0.15, -0.1) is 11.3 Å². The first-order valence-electron chi connectivity index (χ1n) is 5.64. The Morgan fingerprint density at radius 1 is 1.60 bits per heavy atom. The molecule has 0 radical (unpaired) electrons. The van der Waals surface area contributed by atoms with Crippen molar-refractivity contribution < 1.29 is 0 Å². The van der Waals surface area contributed by atoms with Crippen LogP contribution in [-0.4, -0.2) is 17.1 Å². The van der Waals surface area contributed by atoms with Gasteiger partial charge in [0.15, 0.2) is 0 Å². The van der Waals surface area contributed by atoms with E-state index in [9.17, 15) is 0 Å². The number of rotatable bonds is 3. The SMILES string of the molecule is Cc1cnc(CNC2CCCC(N)C2)s1. The van der Waals surface area contributed by atoms with Crippen LogP contribution >= 0.6 is 11.3 Å². The summed E-state index contributed by atoms with van der Waals surface area (Å²) in [5, 5.41) is 4.74. The van der Waals surface area contributed by atoms with Crippen LogP contribution in [0, 0.1) is 6.92 Å². The lowest BCUT2D eigenvalue weighted by molar-refractivity contribution is 0.338. The van der Waals surface area contributed by atoms with Crippen LogP contribution in [0.15, 0.2) is 6.20 Å². The Hall–Kier alpha value is -0.450. The van der Waals surface area contributed by atoms with Crippen molar-refractivity contribution in [3.8, 4) is 0 Å². The number of hydrogen-bond donors (Lipinski definition) is 2. The fourth-order valence-corrected chi connectivity index (χ4v) is 2.87. The zero-order valence-corrected chi connectivity index (χ0v) is 10.0. The van der Waals surface area contributed by atoms with Gasteiger partial charge in [-0.2, -0.15) is 0 Å². The lowest BCUT2D eigenvalue weighted by atomic mass is 9.92. The average Bonchev–Trinajstić information content (AvgIpc) is 2.62. The Kier molecular flexibility index (Phi) is 3.72. The summed E-state index contributed by atoms with van der Waals surface area (Å²) in [6.45, 7) is 2.99. The molecule has 0 bridgehead atoms. The molecular weight excluding hydrogens is 206 g/mol. The van der Waals surface area contributed by atoms with Gasteiger partial charge in [0.2, 0.25) is 0 Å². The van der Waals surface area contributed by atoms with Crippen molar-refractivity contribution in [3.63, 3.8) is 0 Å². The lowest BCUT2D eigenvalue weighted by Crippen LogP contribution is -2.39. The highest BCUT2D eigenvalue weighted by molar-refractivity contribution is 7.11. The van der Waals surface area contributed by atoms with Crippen LogP contribution in [0.1, 0.15) is 35.6 Å². The van der Waals surface area contributed by atoms with Crippen molar-refractivity contribution in [3.05, 3.63) is 16.1 Å². The van der Waals surface area contributed by atoms with E-state index in [1.807, 2.05) is 6.20 Å². The van der Waals surface area contributed by atoms with Gasteiger partial charge < -0.3 is 11.1 Å². The third-order valence-electron chi connectivity index (χ3n) is 2.93. The predicted octanol–water partition coefficient (Wildman–Crippen LogP) is 1.81. The fourth-order valence-electron chi connectivity index (χ4n) is 2.13. The summed E-state index contributed by atoms with van der Waals surface area (Å²) in [5.41, 5.74) is 5.95. The van der Waals surface area contributed by atoms with E-state index in [1.54, 1.807) is 11.3 Å². The molecule has 0 amide bonds. The van der Waals surface area contributed by atoms with E-state index in [0.717, 1.165) is 13.0 Å². The first-order valence-corrected chi connectivity index (χ1v) is 6.46. The molecule has 1 fully saturated rings. The molecule has 4 heteroatoms. The summed E-state index contributed by atoms with van der Waals surface area (Å²) in [6, 6.07) is 0.993. The minimum absolute atomic E-state index is 0.397. The average molecular weight is 225 g/mol. The lowest BCUT2D eigenvalue weighted by Gasteiger charge is -2.27. The molecule has 0 aromatic carbocycles. The number of aromatic nitrogens is 1. The van der Waals surface area contributed by atoms with Crippen molar-refractivity contribution >= 4 is 11.3 Å². The first kappa shape index (κ1) is 11.0. The highest BCUT2D eigenvalue weighted by Crippen LogP contribution is 2.18. The molecule has 1 aliphatic carbocycles. The van der Waals surface area contributed by atoms with Crippen LogP contribution < -0.4 is 11.1 Å². The van der Waals surface area contributed by atoms with Crippen LogP contribution in [0.3, 0.4) is 0 Å². The highest BCUT2D eigenvalue weighted by atomic mass is 32.1. The van der Waals surface area contributed by atoms with Crippen molar-refractivity contribution in [2.24, 2.45) is 5.73 Å². The summed E-state index contributed by atoms with van der Waals surface area (Å²) in [5.74, 6) is 0. The quantitative estimate of drug-likeness (QED) is 0.825. The summed E-state index contributed by atoms with van der Waals surface area (Å²) in [4.78, 5) is 5.63. The van der Waals surface area contributed by atoms with Gasteiger partial charge in [-0.1, -0.05) is 6.42 Å². The molecule has 15 heavy (non-hydrogen) atoms. The van der Waals surface area contributed by atoms with Crippen LogP contribution in [-0.2, 0) is 6.54 Å². The molecule has 1 aromatic heterocycles. The summed E-state index contributed by atoms with van der Waals surface area (Å²) >= 11 is 1.77. The van der Waals surface area contributed by atoms with Gasteiger partial charge in [0, 0.05) is 29.7 Å². The Labute approximate surface area is 95.1 Å². The maximum absolute atomic E-state index is 5.95. The predicted molar refractivity (Wildman–Crippen MR) is 63.9 cm³/mol. The number of aryl methyl sites for hydroxylation is 1. The Balaban J connectivity index is 1.77. The van der Waals surface area contributed by atoms with E-state index < -0.39 is 0 Å². The van der Waals surface area contributed by atoms with E-state index in [4.69, 9.17) is 5.73 Å². The van der Waals surface area contributed by atoms with Crippen molar-refractivity contribution in [1.29, 1.82) is 0 Å². The third-order valence-corrected chi connectivity index (χ3v) is 3.84. The molecule has 3 N–H and O–H groups in total. The molecule has 2 unspecified atom stereocenters. The van der Waals surface area contributed by atoms with E-state index in [-0.39, 0.29) is 0 Å². The summed E-state index contributed by atoms with van der Waals surface area (Å²) in [6.07, 6.45) is 6.76. The minimum atomic E-state index is 0.397. The number of hydrogen-bond acceptors (Lipinski definition) is 4. The molecule has 0 spiro atoms. The van der Waals surface area contributed by atoms with Gasteiger partial charge in [0.05, 0.1) is 0 Å². The first-order chi connectivity index (χ1) is 7.24. The van der Waals surface area contributed by atoms with Gasteiger partial charge in [-0.05, 0) is 26.2 Å². The maximum atomic E-state index is 5.95. The molecular formula is C11H19N3S. The van der Waals surface area contributed by atoms with Crippen molar-refractivity contribution in [2.75, 3.05) is 0 Å². The van der Waals surface area contributed by atoms with E-state index in [0.29, 0.717) is 12.1 Å². The number of thiazole rings is 1. The van der Waals surface area contributed by atoms with Gasteiger partial charge in [-0.25, -0.2) is 4.98 Å². The normalized spacial score (nSPS) is 26.8. The van der Waals surface area contributed by atoms with Crippen LogP contribution in [0.2, 0.25) is 0 Å². The molecule has 2 rings (SSSR count). The monoisotopic (exact) mass is 225 g/mol. The van der Waals surface area contributed by atoms with Crippen LogP contribution in [0.25, 0.3) is 0 Å². The summed E-state index contributed by atoms with van der Waals surface area (Å²) < 4.78 is 0. The Morgan fingerprint density at radius 2 is 2.47 bits per heavy atom. The number of nitrogens with zero attached hydrogens (tertiary/aromatic N) is 1. The molecule has 0 saturated heterocycles. The van der Waals surface area contributed by atoms with Crippen molar-refractivity contribution in [2.45, 2.75) is 51.2 Å². The minimum Gasteiger partial charge on any atom is -0.328 e. The molecule has 84 valence electrons. The van der Waals surface area contributed by atoms with Gasteiger partial charge >= 0.3 is 0 Å². The number of nitrogens with one attached hydrogen (secondary N) is 1. The second kappa shape index (κ2) is 5.05. The van der Waals surface area contributed by atoms with E-state index in [2.05, 4.69) is 17.2 Å². The maximum Gasteiger partial charge on any atom is 0.107 e. The van der Waals surface area contributed by atoms with Gasteiger partial charge in [0.25, 0.3) is 0 Å². The smallest absolute Gasteiger partial charge is 0.107 e. The van der Waals surface area contributed by atoms with Gasteiger partial charge in [-0.3, -0.25) is 0 Å². The standard InChI is InChI=1S/C11H19N3S/c1-8-6-14-11(15-8)7-13-10-4-2-3-9(12)5-10/h6,9-10,13H,2-5,7,12H2,1H3. The zero-order valence-electron chi connectivity index (χ0n) is 9.20. The summed E-state index contributed by atoms with van der Waals surface area (Å²) in [7, 11) is 0. The van der Waals surface area contributed by atoms with Crippen molar-refractivity contribution in [1.82, 2.24) is 10.3 Å².